The van der Waals surface area contributed by atoms with Crippen LogP contribution in [0.15, 0.2) is 36.5 Å². The Kier molecular flexibility index (Phi) is 5.21. The topological polar surface area (TPSA) is 72.3 Å². The number of piperidine rings is 1. The lowest BCUT2D eigenvalue weighted by Crippen LogP contribution is -2.46. The van der Waals surface area contributed by atoms with E-state index in [0.29, 0.717) is 12.6 Å². The van der Waals surface area contributed by atoms with Crippen molar-refractivity contribution in [3.63, 3.8) is 0 Å². The molecule has 27 heavy (non-hydrogen) atoms. The van der Waals surface area contributed by atoms with Crippen molar-refractivity contribution in [2.24, 2.45) is 0 Å². The monoisotopic (exact) mass is 363 g/mol. The van der Waals surface area contributed by atoms with E-state index in [1.807, 2.05) is 24.4 Å². The van der Waals surface area contributed by atoms with E-state index in [-0.39, 0.29) is 11.9 Å². The van der Waals surface area contributed by atoms with Crippen LogP contribution in [0, 0.1) is 11.3 Å². The number of nitrogens with zero attached hydrogens (tertiary/aromatic N) is 4. The van der Waals surface area contributed by atoms with E-state index in [9.17, 15) is 10.1 Å². The van der Waals surface area contributed by atoms with Crippen LogP contribution < -0.4 is 5.32 Å². The number of nitriles is 1. The third-order valence-electron chi connectivity index (χ3n) is 5.67. The summed E-state index contributed by atoms with van der Waals surface area (Å²) >= 11 is 0. The maximum absolute atomic E-state index is 12.5. The number of anilines is 1. The summed E-state index contributed by atoms with van der Waals surface area (Å²) in [4.78, 5) is 20.9. The predicted octanol–water partition coefficient (Wildman–Crippen LogP) is 2.63. The lowest BCUT2D eigenvalue weighted by Gasteiger charge is -2.33. The Balaban J connectivity index is 1.31. The lowest BCUT2D eigenvalue weighted by atomic mass is 10.0. The molecule has 2 aliphatic rings. The van der Waals surface area contributed by atoms with E-state index >= 15 is 0 Å². The number of likely N-dealkylation sites (tertiary alicyclic amines) is 2. The highest BCUT2D eigenvalue weighted by Crippen LogP contribution is 2.24. The number of hydrogen-bond donors (Lipinski definition) is 1. The van der Waals surface area contributed by atoms with E-state index in [1.54, 1.807) is 4.90 Å². The summed E-state index contributed by atoms with van der Waals surface area (Å²) in [5.74, 6) is 0.102. The van der Waals surface area contributed by atoms with Gasteiger partial charge in [-0.1, -0.05) is 6.07 Å². The van der Waals surface area contributed by atoms with Crippen molar-refractivity contribution < 1.29 is 4.79 Å². The number of rotatable bonds is 4. The van der Waals surface area contributed by atoms with Crippen molar-refractivity contribution >= 4 is 22.5 Å². The van der Waals surface area contributed by atoms with Gasteiger partial charge in [-0.05, 0) is 49.9 Å². The molecular formula is C21H25N5O. The zero-order valence-corrected chi connectivity index (χ0v) is 15.5. The van der Waals surface area contributed by atoms with Crippen molar-refractivity contribution in [2.45, 2.75) is 37.8 Å². The van der Waals surface area contributed by atoms with Gasteiger partial charge in [0, 0.05) is 42.9 Å². The first-order chi connectivity index (χ1) is 13.2. The summed E-state index contributed by atoms with van der Waals surface area (Å²) in [6, 6.07) is 12.7. The average molecular weight is 363 g/mol. The van der Waals surface area contributed by atoms with Gasteiger partial charge in [-0.15, -0.1) is 0 Å². The standard InChI is InChI=1S/C21H25N5O/c22-14-17-4-3-11-26(17)21(27)15-25-12-8-16(9-13-25)24-20-7-1-6-19-18(20)5-2-10-23-19/h1-2,5-7,10,16-17,24H,3-4,8-9,11-13,15H2. The predicted molar refractivity (Wildman–Crippen MR) is 105 cm³/mol. The molecule has 6 heteroatoms. The number of nitrogens with one attached hydrogen (secondary N) is 1. The molecule has 1 aromatic carbocycles. The van der Waals surface area contributed by atoms with Crippen molar-refractivity contribution in [1.82, 2.24) is 14.8 Å². The Labute approximate surface area is 159 Å². The second-order valence-electron chi connectivity index (χ2n) is 7.44. The van der Waals surface area contributed by atoms with Crippen LogP contribution in [0.4, 0.5) is 5.69 Å². The van der Waals surface area contributed by atoms with Gasteiger partial charge in [0.05, 0.1) is 18.1 Å². The summed E-state index contributed by atoms with van der Waals surface area (Å²) in [5.41, 5.74) is 2.13. The largest absolute Gasteiger partial charge is 0.382 e. The Morgan fingerprint density at radius 1 is 1.19 bits per heavy atom. The molecule has 140 valence electrons. The summed E-state index contributed by atoms with van der Waals surface area (Å²) in [7, 11) is 0. The highest BCUT2D eigenvalue weighted by molar-refractivity contribution is 5.91. The number of hydrogen-bond acceptors (Lipinski definition) is 5. The fourth-order valence-corrected chi connectivity index (χ4v) is 4.17. The zero-order chi connectivity index (χ0) is 18.6. The molecule has 3 heterocycles. The zero-order valence-electron chi connectivity index (χ0n) is 15.5. The Morgan fingerprint density at radius 2 is 2.04 bits per heavy atom. The van der Waals surface area contributed by atoms with Gasteiger partial charge >= 0.3 is 0 Å². The SMILES string of the molecule is N#CC1CCCN1C(=O)CN1CCC(Nc2cccc3ncccc23)CC1. The number of fused-ring (bicyclic) bond motifs is 1. The fourth-order valence-electron chi connectivity index (χ4n) is 4.17. The van der Waals surface area contributed by atoms with Gasteiger partial charge in [-0.3, -0.25) is 14.7 Å². The van der Waals surface area contributed by atoms with E-state index < -0.39 is 0 Å². The first-order valence-corrected chi connectivity index (χ1v) is 9.76. The van der Waals surface area contributed by atoms with E-state index in [1.165, 1.54) is 0 Å². The van der Waals surface area contributed by atoms with Crippen LogP contribution in [0.3, 0.4) is 0 Å². The van der Waals surface area contributed by atoms with E-state index in [0.717, 1.165) is 61.9 Å². The second kappa shape index (κ2) is 7.93. The molecule has 0 saturated carbocycles. The Hall–Kier alpha value is -2.65. The van der Waals surface area contributed by atoms with Gasteiger partial charge in [0.15, 0.2) is 0 Å². The molecule has 1 amide bonds. The molecule has 1 N–H and O–H groups in total. The molecule has 2 aromatic rings. The number of aromatic nitrogens is 1. The summed E-state index contributed by atoms with van der Waals surface area (Å²) in [6.07, 6.45) is 5.58. The smallest absolute Gasteiger partial charge is 0.237 e. The Bertz CT molecular complexity index is 848. The van der Waals surface area contributed by atoms with Crippen LogP contribution >= 0.6 is 0 Å². The first kappa shape index (κ1) is 17.7. The van der Waals surface area contributed by atoms with E-state index in [2.05, 4.69) is 33.4 Å². The minimum atomic E-state index is -0.225. The molecular weight excluding hydrogens is 338 g/mol. The van der Waals surface area contributed by atoms with Gasteiger partial charge in [0.2, 0.25) is 5.91 Å². The van der Waals surface area contributed by atoms with Gasteiger partial charge in [-0.25, -0.2) is 0 Å². The summed E-state index contributed by atoms with van der Waals surface area (Å²) < 4.78 is 0. The van der Waals surface area contributed by atoms with Gasteiger partial charge in [0.1, 0.15) is 6.04 Å². The van der Waals surface area contributed by atoms with Crippen molar-refractivity contribution in [2.75, 3.05) is 31.5 Å². The number of pyridine rings is 1. The number of carbonyl (C=O) groups excluding carboxylic acids is 1. The molecule has 2 aliphatic heterocycles. The maximum atomic E-state index is 12.5. The molecule has 4 rings (SSSR count). The maximum Gasteiger partial charge on any atom is 0.237 e. The minimum absolute atomic E-state index is 0.102. The van der Waals surface area contributed by atoms with Gasteiger partial charge in [-0.2, -0.15) is 5.26 Å². The molecule has 0 spiro atoms. The van der Waals surface area contributed by atoms with Crippen LogP contribution in [0.5, 0.6) is 0 Å². The normalized spacial score (nSPS) is 21.3. The highest BCUT2D eigenvalue weighted by Gasteiger charge is 2.30. The molecule has 0 bridgehead atoms. The molecule has 1 atom stereocenters. The number of carbonyl (C=O) groups is 1. The fraction of sp³-hybridized carbons (Fsp3) is 0.476. The second-order valence-corrected chi connectivity index (χ2v) is 7.44. The van der Waals surface area contributed by atoms with Crippen molar-refractivity contribution in [3.8, 4) is 6.07 Å². The minimum Gasteiger partial charge on any atom is -0.382 e. The van der Waals surface area contributed by atoms with Gasteiger partial charge in [0.25, 0.3) is 0 Å². The van der Waals surface area contributed by atoms with Crippen LogP contribution in [0.2, 0.25) is 0 Å². The number of benzene rings is 1. The Morgan fingerprint density at radius 3 is 2.85 bits per heavy atom. The quantitative estimate of drug-likeness (QED) is 0.904. The van der Waals surface area contributed by atoms with Gasteiger partial charge < -0.3 is 10.2 Å². The summed E-state index contributed by atoms with van der Waals surface area (Å²) in [6.45, 7) is 2.96. The van der Waals surface area contributed by atoms with Crippen molar-refractivity contribution in [1.29, 1.82) is 5.26 Å². The molecule has 0 aliphatic carbocycles. The molecule has 6 nitrogen and oxygen atoms in total. The average Bonchev–Trinajstić information content (AvgIpc) is 3.19. The molecule has 2 fully saturated rings. The molecule has 1 unspecified atom stereocenters. The number of amides is 1. The van der Waals surface area contributed by atoms with Crippen LogP contribution in [-0.4, -0.2) is 59.0 Å². The lowest BCUT2D eigenvalue weighted by molar-refractivity contribution is -0.132. The third-order valence-corrected chi connectivity index (χ3v) is 5.67. The first-order valence-electron chi connectivity index (χ1n) is 9.76. The molecule has 0 radical (unpaired) electrons. The van der Waals surface area contributed by atoms with Crippen LogP contribution in [0.25, 0.3) is 10.9 Å². The van der Waals surface area contributed by atoms with E-state index in [4.69, 9.17) is 0 Å². The molecule has 1 aromatic heterocycles. The highest BCUT2D eigenvalue weighted by atomic mass is 16.2. The molecule has 2 saturated heterocycles. The van der Waals surface area contributed by atoms with Crippen LogP contribution in [-0.2, 0) is 4.79 Å². The van der Waals surface area contributed by atoms with Crippen LogP contribution in [0.1, 0.15) is 25.7 Å². The summed E-state index contributed by atoms with van der Waals surface area (Å²) in [5, 5.41) is 14.0. The van der Waals surface area contributed by atoms with Crippen molar-refractivity contribution in [3.05, 3.63) is 36.5 Å². The third kappa shape index (κ3) is 3.88.